The van der Waals surface area contributed by atoms with Crippen molar-refractivity contribution in [2.24, 2.45) is 5.41 Å². The highest BCUT2D eigenvalue weighted by Gasteiger charge is 2.51. The third-order valence-corrected chi connectivity index (χ3v) is 5.18. The molecule has 1 aromatic heterocycles. The van der Waals surface area contributed by atoms with Gasteiger partial charge in [-0.05, 0) is 44.1 Å². The van der Waals surface area contributed by atoms with Crippen molar-refractivity contribution in [1.29, 1.82) is 0 Å². The Labute approximate surface area is 100 Å². The molecular formula is C13H17NOS. The van der Waals surface area contributed by atoms with Crippen LogP contribution in [0.3, 0.4) is 0 Å². The third-order valence-electron chi connectivity index (χ3n) is 4.32. The van der Waals surface area contributed by atoms with Crippen LogP contribution in [0.2, 0.25) is 0 Å². The fraction of sp³-hybridized carbons (Fsp3) is 0.615. The number of nitrogens with one attached hydrogen (secondary N) is 1. The van der Waals surface area contributed by atoms with E-state index < -0.39 is 0 Å². The summed E-state index contributed by atoms with van der Waals surface area (Å²) in [5, 5.41) is 5.16. The standard InChI is InChI=1S/C13H17NOS/c1-9-7-10(8-16-9)12(15)14-11-3-6-13(11)4-2-5-13/h7-8,11H,2-6H2,1H3,(H,14,15). The zero-order chi connectivity index (χ0) is 11.2. The van der Waals surface area contributed by atoms with Crippen LogP contribution in [0.1, 0.15) is 47.3 Å². The van der Waals surface area contributed by atoms with Gasteiger partial charge in [0.15, 0.2) is 0 Å². The van der Waals surface area contributed by atoms with Gasteiger partial charge in [0.1, 0.15) is 0 Å². The van der Waals surface area contributed by atoms with E-state index in [-0.39, 0.29) is 5.91 Å². The van der Waals surface area contributed by atoms with Crippen molar-refractivity contribution in [3.8, 4) is 0 Å². The quantitative estimate of drug-likeness (QED) is 0.838. The van der Waals surface area contributed by atoms with Crippen LogP contribution in [0.25, 0.3) is 0 Å². The molecule has 1 N–H and O–H groups in total. The molecule has 0 bridgehead atoms. The van der Waals surface area contributed by atoms with Gasteiger partial charge in [0, 0.05) is 16.3 Å². The fourth-order valence-electron chi connectivity index (χ4n) is 2.96. The highest BCUT2D eigenvalue weighted by atomic mass is 32.1. The summed E-state index contributed by atoms with van der Waals surface area (Å²) in [4.78, 5) is 13.2. The van der Waals surface area contributed by atoms with E-state index >= 15 is 0 Å². The molecule has 3 heteroatoms. The van der Waals surface area contributed by atoms with Crippen LogP contribution in [0.4, 0.5) is 0 Å². The zero-order valence-electron chi connectivity index (χ0n) is 9.58. The van der Waals surface area contributed by atoms with E-state index in [4.69, 9.17) is 0 Å². The van der Waals surface area contributed by atoms with E-state index in [0.29, 0.717) is 11.5 Å². The third kappa shape index (κ3) is 1.49. The lowest BCUT2D eigenvalue weighted by Gasteiger charge is -2.56. The Morgan fingerprint density at radius 1 is 1.50 bits per heavy atom. The first-order chi connectivity index (χ1) is 7.70. The molecule has 0 aliphatic heterocycles. The molecule has 86 valence electrons. The molecule has 3 rings (SSSR count). The van der Waals surface area contributed by atoms with Crippen molar-refractivity contribution in [3.05, 3.63) is 21.9 Å². The summed E-state index contributed by atoms with van der Waals surface area (Å²) < 4.78 is 0. The van der Waals surface area contributed by atoms with Crippen LogP contribution in [0.5, 0.6) is 0 Å². The molecular weight excluding hydrogens is 218 g/mol. The maximum atomic E-state index is 12.0. The summed E-state index contributed by atoms with van der Waals surface area (Å²) in [5.74, 6) is 0.125. The normalized spacial score (nSPS) is 25.9. The predicted octanol–water partition coefficient (Wildman–Crippen LogP) is 3.12. The number of rotatable bonds is 2. The maximum Gasteiger partial charge on any atom is 0.252 e. The Morgan fingerprint density at radius 3 is 2.75 bits per heavy atom. The van der Waals surface area contributed by atoms with Crippen LogP contribution in [-0.4, -0.2) is 11.9 Å². The minimum absolute atomic E-state index is 0.125. The van der Waals surface area contributed by atoms with Gasteiger partial charge in [-0.3, -0.25) is 4.79 Å². The molecule has 0 radical (unpaired) electrons. The number of thiophene rings is 1. The zero-order valence-corrected chi connectivity index (χ0v) is 10.4. The number of aryl methyl sites for hydroxylation is 1. The van der Waals surface area contributed by atoms with Crippen molar-refractivity contribution in [2.75, 3.05) is 0 Å². The monoisotopic (exact) mass is 235 g/mol. The second-order valence-corrected chi connectivity index (χ2v) is 6.34. The molecule has 2 fully saturated rings. The summed E-state index contributed by atoms with van der Waals surface area (Å²) in [6.07, 6.45) is 6.49. The van der Waals surface area contributed by atoms with Crippen molar-refractivity contribution in [1.82, 2.24) is 5.32 Å². The first-order valence-electron chi connectivity index (χ1n) is 6.06. The minimum Gasteiger partial charge on any atom is -0.349 e. The van der Waals surface area contributed by atoms with Crippen LogP contribution in [-0.2, 0) is 0 Å². The number of carbonyl (C=O) groups excluding carboxylic acids is 1. The predicted molar refractivity (Wildman–Crippen MR) is 65.8 cm³/mol. The lowest BCUT2D eigenvalue weighted by atomic mass is 9.53. The molecule has 1 heterocycles. The first-order valence-corrected chi connectivity index (χ1v) is 6.94. The van der Waals surface area contributed by atoms with Gasteiger partial charge >= 0.3 is 0 Å². The smallest absolute Gasteiger partial charge is 0.252 e. The van der Waals surface area contributed by atoms with Gasteiger partial charge in [0.25, 0.3) is 5.91 Å². The van der Waals surface area contributed by atoms with Gasteiger partial charge in [-0.15, -0.1) is 11.3 Å². The average molecular weight is 235 g/mol. The summed E-state index contributed by atoms with van der Waals surface area (Å²) in [7, 11) is 0. The van der Waals surface area contributed by atoms with Gasteiger partial charge in [-0.1, -0.05) is 6.42 Å². The largest absolute Gasteiger partial charge is 0.349 e. The maximum absolute atomic E-state index is 12.0. The summed E-state index contributed by atoms with van der Waals surface area (Å²) in [6, 6.07) is 2.43. The van der Waals surface area contributed by atoms with E-state index in [0.717, 1.165) is 5.56 Å². The van der Waals surface area contributed by atoms with Crippen molar-refractivity contribution in [2.45, 2.75) is 45.1 Å². The van der Waals surface area contributed by atoms with E-state index in [1.807, 2.05) is 18.4 Å². The van der Waals surface area contributed by atoms with E-state index in [1.165, 1.54) is 37.0 Å². The number of hydrogen-bond acceptors (Lipinski definition) is 2. The molecule has 2 aliphatic carbocycles. The highest BCUT2D eigenvalue weighted by molar-refractivity contribution is 7.10. The van der Waals surface area contributed by atoms with Gasteiger partial charge in [-0.2, -0.15) is 0 Å². The van der Waals surface area contributed by atoms with Gasteiger partial charge in [0.05, 0.1) is 5.56 Å². The van der Waals surface area contributed by atoms with Crippen LogP contribution < -0.4 is 5.32 Å². The fourth-order valence-corrected chi connectivity index (χ4v) is 3.64. The van der Waals surface area contributed by atoms with Crippen molar-refractivity contribution < 1.29 is 4.79 Å². The Hall–Kier alpha value is -0.830. The lowest BCUT2D eigenvalue weighted by molar-refractivity contribution is -0.0147. The van der Waals surface area contributed by atoms with E-state index in [9.17, 15) is 4.79 Å². The second-order valence-electron chi connectivity index (χ2n) is 5.23. The molecule has 1 amide bonds. The van der Waals surface area contributed by atoms with Crippen LogP contribution in [0.15, 0.2) is 11.4 Å². The molecule has 1 unspecified atom stereocenters. The molecule has 1 spiro atoms. The Bertz CT molecular complexity index is 414. The summed E-state index contributed by atoms with van der Waals surface area (Å²) >= 11 is 1.64. The molecule has 0 aromatic carbocycles. The molecule has 2 saturated carbocycles. The lowest BCUT2D eigenvalue weighted by Crippen LogP contribution is -2.58. The first kappa shape index (κ1) is 10.3. The van der Waals surface area contributed by atoms with Gasteiger partial charge < -0.3 is 5.32 Å². The van der Waals surface area contributed by atoms with E-state index in [1.54, 1.807) is 11.3 Å². The minimum atomic E-state index is 0.125. The topological polar surface area (TPSA) is 29.1 Å². The molecule has 1 aromatic rings. The molecule has 2 aliphatic rings. The molecule has 16 heavy (non-hydrogen) atoms. The Balaban J connectivity index is 1.65. The van der Waals surface area contributed by atoms with Crippen molar-refractivity contribution in [3.63, 3.8) is 0 Å². The van der Waals surface area contributed by atoms with Gasteiger partial charge in [-0.25, -0.2) is 0 Å². The Morgan fingerprint density at radius 2 is 2.31 bits per heavy atom. The second kappa shape index (κ2) is 3.59. The number of hydrogen-bond donors (Lipinski definition) is 1. The average Bonchev–Trinajstić information content (AvgIpc) is 2.57. The van der Waals surface area contributed by atoms with Gasteiger partial charge in [0.2, 0.25) is 0 Å². The summed E-state index contributed by atoms with van der Waals surface area (Å²) in [5.41, 5.74) is 1.34. The number of carbonyl (C=O) groups is 1. The number of amides is 1. The SMILES string of the molecule is Cc1cc(C(=O)NC2CCC23CCC3)cs1. The van der Waals surface area contributed by atoms with Crippen molar-refractivity contribution >= 4 is 17.2 Å². The van der Waals surface area contributed by atoms with Crippen LogP contribution in [0, 0.1) is 12.3 Å². The van der Waals surface area contributed by atoms with Crippen LogP contribution >= 0.6 is 11.3 Å². The Kier molecular flexibility index (Phi) is 2.32. The molecule has 0 saturated heterocycles. The highest BCUT2D eigenvalue weighted by Crippen LogP contribution is 2.55. The summed E-state index contributed by atoms with van der Waals surface area (Å²) in [6.45, 7) is 2.04. The molecule has 1 atom stereocenters. The van der Waals surface area contributed by atoms with E-state index in [2.05, 4.69) is 5.32 Å². The molecule has 2 nitrogen and oxygen atoms in total.